The first-order valence-corrected chi connectivity index (χ1v) is 8.18. The van der Waals surface area contributed by atoms with Crippen molar-refractivity contribution in [1.29, 1.82) is 0 Å². The number of carbonyl (C=O) groups is 2. The number of rotatable bonds is 4. The van der Waals surface area contributed by atoms with Crippen molar-refractivity contribution in [2.45, 2.75) is 0 Å². The highest BCUT2D eigenvalue weighted by Crippen LogP contribution is 2.32. The molecule has 3 aromatic rings. The van der Waals surface area contributed by atoms with Crippen molar-refractivity contribution < 1.29 is 19.1 Å². The van der Waals surface area contributed by atoms with Crippen LogP contribution in [-0.4, -0.2) is 31.1 Å². The number of thiazole rings is 1. The summed E-state index contributed by atoms with van der Waals surface area (Å²) < 4.78 is 10.8. The highest BCUT2D eigenvalue weighted by molar-refractivity contribution is 7.22. The predicted molar refractivity (Wildman–Crippen MR) is 89.8 cm³/mol. The minimum Gasteiger partial charge on any atom is -0.494 e. The minimum absolute atomic E-state index is 0.317. The number of hydrogen-bond donors (Lipinski definition) is 1. The summed E-state index contributed by atoms with van der Waals surface area (Å²) in [6, 6.07) is 8.74. The molecule has 0 saturated heterocycles. The Bertz CT molecular complexity index is 885. The minimum atomic E-state index is -0.459. The molecule has 1 amide bonds. The third kappa shape index (κ3) is 3.03. The first-order chi connectivity index (χ1) is 11.1. The lowest BCUT2D eigenvalue weighted by molar-refractivity contribution is 0.0606. The number of ether oxygens (including phenoxy) is 2. The lowest BCUT2D eigenvalue weighted by Crippen LogP contribution is -2.09. The molecule has 3 rings (SSSR count). The van der Waals surface area contributed by atoms with E-state index in [-0.39, 0.29) is 5.91 Å². The molecule has 0 bridgehead atoms. The van der Waals surface area contributed by atoms with Crippen molar-refractivity contribution in [2.75, 3.05) is 19.5 Å². The Labute approximate surface area is 139 Å². The molecule has 1 N–H and O–H groups in total. The quantitative estimate of drug-likeness (QED) is 0.731. The van der Waals surface area contributed by atoms with E-state index in [1.54, 1.807) is 19.2 Å². The van der Waals surface area contributed by atoms with Gasteiger partial charge in [-0.1, -0.05) is 17.4 Å². The zero-order chi connectivity index (χ0) is 16.4. The number of methoxy groups -OCH3 is 2. The van der Waals surface area contributed by atoms with E-state index in [1.807, 2.05) is 18.2 Å². The van der Waals surface area contributed by atoms with Gasteiger partial charge in [0.15, 0.2) is 5.13 Å². The molecule has 0 unspecified atom stereocenters. The molecular formula is C15H12N2O4S2. The standard InChI is InChI=1S/C15H12N2O4S2/c1-20-8-4-3-5-9-12(8)16-15(23-9)17-13(18)10-6-7-11(22-10)14(19)21-2/h3-7H,1-2H3,(H,16,17,18). The fraction of sp³-hybridized carbons (Fsp3) is 0.133. The number of aromatic nitrogens is 1. The molecule has 0 aliphatic heterocycles. The van der Waals surface area contributed by atoms with Crippen molar-refractivity contribution >= 4 is 49.9 Å². The second-order valence-electron chi connectivity index (χ2n) is 4.44. The molecule has 0 fully saturated rings. The topological polar surface area (TPSA) is 77.5 Å². The predicted octanol–water partition coefficient (Wildman–Crippen LogP) is 3.41. The zero-order valence-corrected chi connectivity index (χ0v) is 13.9. The highest BCUT2D eigenvalue weighted by atomic mass is 32.1. The van der Waals surface area contributed by atoms with E-state index in [9.17, 15) is 9.59 Å². The van der Waals surface area contributed by atoms with Crippen LogP contribution in [0.3, 0.4) is 0 Å². The first-order valence-electron chi connectivity index (χ1n) is 6.55. The number of nitrogens with zero attached hydrogens (tertiary/aromatic N) is 1. The lowest BCUT2D eigenvalue weighted by atomic mass is 10.3. The van der Waals surface area contributed by atoms with Crippen LogP contribution in [0.4, 0.5) is 5.13 Å². The van der Waals surface area contributed by atoms with Crippen molar-refractivity contribution in [3.63, 3.8) is 0 Å². The van der Waals surface area contributed by atoms with E-state index in [0.717, 1.165) is 16.0 Å². The Hall–Kier alpha value is -2.45. The molecule has 0 spiro atoms. The summed E-state index contributed by atoms with van der Waals surface area (Å²) in [4.78, 5) is 28.9. The van der Waals surface area contributed by atoms with Crippen LogP contribution in [0.25, 0.3) is 10.2 Å². The van der Waals surface area contributed by atoms with Gasteiger partial charge in [0.25, 0.3) is 5.91 Å². The molecule has 2 aromatic heterocycles. The fourth-order valence-electron chi connectivity index (χ4n) is 1.97. The molecule has 1 aromatic carbocycles. The fourth-order valence-corrected chi connectivity index (χ4v) is 3.67. The summed E-state index contributed by atoms with van der Waals surface area (Å²) in [7, 11) is 2.88. The van der Waals surface area contributed by atoms with Crippen molar-refractivity contribution in [3.05, 3.63) is 40.1 Å². The van der Waals surface area contributed by atoms with Gasteiger partial charge in [0, 0.05) is 0 Å². The van der Waals surface area contributed by atoms with E-state index in [0.29, 0.717) is 26.2 Å². The zero-order valence-electron chi connectivity index (χ0n) is 12.3. The summed E-state index contributed by atoms with van der Waals surface area (Å²) in [5.41, 5.74) is 0.705. The van der Waals surface area contributed by atoms with Gasteiger partial charge in [0.05, 0.1) is 23.8 Å². The molecule has 0 aliphatic rings. The maximum Gasteiger partial charge on any atom is 0.348 e. The average Bonchev–Trinajstić information content (AvgIpc) is 3.20. The van der Waals surface area contributed by atoms with E-state index < -0.39 is 5.97 Å². The van der Waals surface area contributed by atoms with Crippen LogP contribution in [0.5, 0.6) is 5.75 Å². The molecule has 0 atom stereocenters. The second kappa shape index (κ2) is 6.35. The number of hydrogen-bond acceptors (Lipinski definition) is 7. The van der Waals surface area contributed by atoms with Crippen LogP contribution in [0.1, 0.15) is 19.3 Å². The van der Waals surface area contributed by atoms with Crippen LogP contribution >= 0.6 is 22.7 Å². The Morgan fingerprint density at radius 3 is 2.61 bits per heavy atom. The van der Waals surface area contributed by atoms with E-state index >= 15 is 0 Å². The highest BCUT2D eigenvalue weighted by Gasteiger charge is 2.16. The number of nitrogens with one attached hydrogen (secondary N) is 1. The number of fused-ring (bicyclic) bond motifs is 1. The largest absolute Gasteiger partial charge is 0.494 e. The van der Waals surface area contributed by atoms with Gasteiger partial charge in [-0.15, -0.1) is 11.3 Å². The number of esters is 1. The number of para-hydroxylation sites is 1. The van der Waals surface area contributed by atoms with Crippen molar-refractivity contribution in [1.82, 2.24) is 4.98 Å². The molecule has 118 valence electrons. The smallest absolute Gasteiger partial charge is 0.348 e. The van der Waals surface area contributed by atoms with Gasteiger partial charge in [-0.05, 0) is 24.3 Å². The van der Waals surface area contributed by atoms with Gasteiger partial charge in [-0.2, -0.15) is 0 Å². The maximum absolute atomic E-state index is 12.3. The van der Waals surface area contributed by atoms with Crippen molar-refractivity contribution in [3.8, 4) is 5.75 Å². The van der Waals surface area contributed by atoms with Gasteiger partial charge in [0.2, 0.25) is 0 Å². The summed E-state index contributed by atoms with van der Waals surface area (Å²) in [6.07, 6.45) is 0. The van der Waals surface area contributed by atoms with Crippen molar-refractivity contribution in [2.24, 2.45) is 0 Å². The van der Waals surface area contributed by atoms with Gasteiger partial charge < -0.3 is 9.47 Å². The number of carbonyl (C=O) groups excluding carboxylic acids is 2. The first kappa shape index (κ1) is 15.4. The Morgan fingerprint density at radius 2 is 1.87 bits per heavy atom. The van der Waals surface area contributed by atoms with Crippen LogP contribution in [0.15, 0.2) is 30.3 Å². The average molecular weight is 348 g/mol. The summed E-state index contributed by atoms with van der Waals surface area (Å²) in [6.45, 7) is 0. The Balaban J connectivity index is 1.82. The number of anilines is 1. The SMILES string of the molecule is COC(=O)c1ccc(C(=O)Nc2nc3c(OC)cccc3s2)s1. The normalized spacial score (nSPS) is 10.5. The second-order valence-corrected chi connectivity index (χ2v) is 6.55. The molecule has 0 saturated carbocycles. The third-order valence-corrected chi connectivity index (χ3v) is 5.04. The third-order valence-electron chi connectivity index (χ3n) is 3.04. The number of benzene rings is 1. The van der Waals surface area contributed by atoms with Gasteiger partial charge >= 0.3 is 5.97 Å². The van der Waals surface area contributed by atoms with Crippen LogP contribution < -0.4 is 10.1 Å². The number of thiophene rings is 1. The molecule has 8 heteroatoms. The molecule has 0 radical (unpaired) electrons. The van der Waals surface area contributed by atoms with Crippen LogP contribution in [-0.2, 0) is 4.74 Å². The molecular weight excluding hydrogens is 336 g/mol. The van der Waals surface area contributed by atoms with E-state index in [2.05, 4.69) is 15.0 Å². The lowest BCUT2D eigenvalue weighted by Gasteiger charge is -1.99. The molecule has 2 heterocycles. The summed E-state index contributed by atoms with van der Waals surface area (Å²) >= 11 is 2.43. The Kier molecular flexibility index (Phi) is 4.26. The monoisotopic (exact) mass is 348 g/mol. The van der Waals surface area contributed by atoms with Gasteiger partial charge in [0.1, 0.15) is 16.1 Å². The number of amides is 1. The van der Waals surface area contributed by atoms with E-state index in [4.69, 9.17) is 4.74 Å². The van der Waals surface area contributed by atoms with E-state index in [1.165, 1.54) is 18.4 Å². The van der Waals surface area contributed by atoms with Gasteiger partial charge in [-0.25, -0.2) is 9.78 Å². The van der Waals surface area contributed by atoms with Gasteiger partial charge in [-0.3, -0.25) is 10.1 Å². The summed E-state index contributed by atoms with van der Waals surface area (Å²) in [5, 5.41) is 3.22. The maximum atomic E-state index is 12.3. The molecule has 23 heavy (non-hydrogen) atoms. The molecule has 0 aliphatic carbocycles. The van der Waals surface area contributed by atoms with Crippen LogP contribution in [0, 0.1) is 0 Å². The van der Waals surface area contributed by atoms with Crippen LogP contribution in [0.2, 0.25) is 0 Å². The summed E-state index contributed by atoms with van der Waals surface area (Å²) in [5.74, 6) is -0.120. The Morgan fingerprint density at radius 1 is 1.09 bits per heavy atom. The molecule has 6 nitrogen and oxygen atoms in total.